The van der Waals surface area contributed by atoms with Gasteiger partial charge in [0.2, 0.25) is 0 Å². The zero-order valence-corrected chi connectivity index (χ0v) is 8.67. The molecule has 0 aliphatic carbocycles. The van der Waals surface area contributed by atoms with Crippen molar-refractivity contribution in [2.45, 2.75) is 6.92 Å². The summed E-state index contributed by atoms with van der Waals surface area (Å²) in [5, 5.41) is 3.03. The highest BCUT2D eigenvalue weighted by atomic mass is 35.5. The van der Waals surface area contributed by atoms with E-state index in [1.165, 1.54) is 0 Å². The average molecular weight is 214 g/mol. The predicted octanol–water partition coefficient (Wildman–Crippen LogP) is 1.61. The van der Waals surface area contributed by atoms with Crippen LogP contribution in [0.5, 0.6) is 0 Å². The monoisotopic (exact) mass is 213 g/mol. The van der Waals surface area contributed by atoms with E-state index in [0.717, 1.165) is 17.9 Å². The van der Waals surface area contributed by atoms with E-state index in [1.54, 1.807) is 6.20 Å². The van der Waals surface area contributed by atoms with Gasteiger partial charge in [-0.3, -0.25) is 5.32 Å². The number of nitrogens with one attached hydrogen (secondary N) is 1. The van der Waals surface area contributed by atoms with Crippen LogP contribution in [-0.2, 0) is 4.74 Å². The Morgan fingerprint density at radius 3 is 3.00 bits per heavy atom. The molecule has 0 bridgehead atoms. The number of pyridine rings is 1. The Kier molecular flexibility index (Phi) is 3.71. The number of hydrogen-bond donors (Lipinski definition) is 1. The van der Waals surface area contributed by atoms with Crippen molar-refractivity contribution in [3.8, 4) is 0 Å². The molecule has 0 amide bonds. The van der Waals surface area contributed by atoms with Crippen molar-refractivity contribution in [3.05, 3.63) is 23.9 Å². The number of rotatable bonds is 1. The first-order valence-corrected chi connectivity index (χ1v) is 4.22. The van der Waals surface area contributed by atoms with E-state index in [2.05, 4.69) is 15.3 Å². The summed E-state index contributed by atoms with van der Waals surface area (Å²) in [7, 11) is 0. The molecule has 0 unspecified atom stereocenters. The predicted molar refractivity (Wildman–Crippen MR) is 58.1 cm³/mol. The lowest BCUT2D eigenvalue weighted by atomic mass is 10.3. The van der Waals surface area contributed by atoms with Crippen molar-refractivity contribution in [2.75, 3.05) is 18.5 Å². The lowest BCUT2D eigenvalue weighted by Gasteiger charge is -2.06. The van der Waals surface area contributed by atoms with Gasteiger partial charge in [-0.1, -0.05) is 6.07 Å². The van der Waals surface area contributed by atoms with Gasteiger partial charge in [-0.25, -0.2) is 9.98 Å². The fourth-order valence-corrected chi connectivity index (χ4v) is 1.13. The number of aromatic nitrogens is 1. The summed E-state index contributed by atoms with van der Waals surface area (Å²) in [6.45, 7) is 3.38. The number of aryl methyl sites for hydroxylation is 1. The molecule has 1 aromatic rings. The quantitative estimate of drug-likeness (QED) is 0.771. The Balaban J connectivity index is 0.000000980. The number of amidine groups is 1. The van der Waals surface area contributed by atoms with E-state index in [-0.39, 0.29) is 12.4 Å². The Morgan fingerprint density at radius 1 is 1.50 bits per heavy atom. The van der Waals surface area contributed by atoms with Gasteiger partial charge in [-0.2, -0.15) is 0 Å². The maximum Gasteiger partial charge on any atom is 0.290 e. The van der Waals surface area contributed by atoms with Crippen molar-refractivity contribution in [3.63, 3.8) is 0 Å². The maximum absolute atomic E-state index is 5.21. The Labute approximate surface area is 88.8 Å². The minimum absolute atomic E-state index is 0. The van der Waals surface area contributed by atoms with Gasteiger partial charge in [0.05, 0.1) is 6.54 Å². The van der Waals surface area contributed by atoms with E-state index in [4.69, 9.17) is 4.74 Å². The molecule has 0 saturated carbocycles. The summed E-state index contributed by atoms with van der Waals surface area (Å²) in [5.41, 5.74) is 1.08. The van der Waals surface area contributed by atoms with E-state index >= 15 is 0 Å². The number of aliphatic imine (C=N–C) groups is 1. The first-order valence-electron chi connectivity index (χ1n) is 4.22. The molecule has 76 valence electrons. The number of nitrogens with zero attached hydrogens (tertiary/aromatic N) is 2. The van der Waals surface area contributed by atoms with E-state index in [1.807, 2.05) is 19.1 Å². The zero-order valence-electron chi connectivity index (χ0n) is 7.86. The van der Waals surface area contributed by atoms with Gasteiger partial charge in [-0.05, 0) is 18.6 Å². The van der Waals surface area contributed by atoms with Crippen LogP contribution in [0.3, 0.4) is 0 Å². The highest BCUT2D eigenvalue weighted by Gasteiger charge is 2.08. The topological polar surface area (TPSA) is 46.5 Å². The second-order valence-corrected chi connectivity index (χ2v) is 2.83. The third-order valence-electron chi connectivity index (χ3n) is 1.82. The molecular formula is C9H12ClN3O. The van der Waals surface area contributed by atoms with Crippen molar-refractivity contribution in [1.29, 1.82) is 0 Å². The molecule has 14 heavy (non-hydrogen) atoms. The highest BCUT2D eigenvalue weighted by molar-refractivity contribution is 5.89. The number of halogens is 1. The molecule has 5 heteroatoms. The molecule has 1 N–H and O–H groups in total. The molecule has 2 rings (SSSR count). The zero-order chi connectivity index (χ0) is 9.10. The summed E-state index contributed by atoms with van der Waals surface area (Å²) in [6, 6.07) is 4.46. The summed E-state index contributed by atoms with van der Waals surface area (Å²) in [5.74, 6) is 0.808. The molecular weight excluding hydrogens is 202 g/mol. The van der Waals surface area contributed by atoms with Crippen LogP contribution >= 0.6 is 12.4 Å². The second kappa shape index (κ2) is 4.81. The molecule has 0 atom stereocenters. The van der Waals surface area contributed by atoms with Gasteiger partial charge < -0.3 is 4.74 Å². The van der Waals surface area contributed by atoms with Crippen LogP contribution in [0.25, 0.3) is 0 Å². The van der Waals surface area contributed by atoms with E-state index < -0.39 is 0 Å². The molecule has 4 nitrogen and oxygen atoms in total. The van der Waals surface area contributed by atoms with Crippen molar-refractivity contribution in [2.24, 2.45) is 4.99 Å². The van der Waals surface area contributed by atoms with Gasteiger partial charge in [0.1, 0.15) is 12.4 Å². The maximum atomic E-state index is 5.21. The third-order valence-corrected chi connectivity index (χ3v) is 1.82. The van der Waals surface area contributed by atoms with Crippen molar-refractivity contribution >= 4 is 24.2 Å². The molecule has 0 fully saturated rings. The molecule has 0 radical (unpaired) electrons. The fraction of sp³-hybridized carbons (Fsp3) is 0.333. The second-order valence-electron chi connectivity index (χ2n) is 2.83. The van der Waals surface area contributed by atoms with Crippen LogP contribution in [0.2, 0.25) is 0 Å². The first-order chi connectivity index (χ1) is 6.36. The minimum atomic E-state index is 0. The molecule has 0 spiro atoms. The third kappa shape index (κ3) is 2.35. The summed E-state index contributed by atoms with van der Waals surface area (Å²) in [6.07, 6.45) is 1.74. The van der Waals surface area contributed by atoms with Gasteiger partial charge in [0.25, 0.3) is 6.02 Å². The summed E-state index contributed by atoms with van der Waals surface area (Å²) < 4.78 is 5.21. The molecule has 1 aliphatic rings. The molecule has 0 aromatic carbocycles. The van der Waals surface area contributed by atoms with Gasteiger partial charge >= 0.3 is 0 Å². The normalized spacial score (nSPS) is 13.9. The molecule has 1 aromatic heterocycles. The Hall–Kier alpha value is -1.29. The lowest BCUT2D eigenvalue weighted by Crippen LogP contribution is -2.13. The van der Waals surface area contributed by atoms with Gasteiger partial charge in [0, 0.05) is 6.20 Å². The first kappa shape index (κ1) is 10.8. The molecule has 0 saturated heterocycles. The fourth-order valence-electron chi connectivity index (χ4n) is 1.13. The summed E-state index contributed by atoms with van der Waals surface area (Å²) in [4.78, 5) is 8.29. The molecule has 1 aliphatic heterocycles. The van der Waals surface area contributed by atoms with Crippen LogP contribution in [0.4, 0.5) is 5.82 Å². The van der Waals surface area contributed by atoms with E-state index in [0.29, 0.717) is 12.6 Å². The van der Waals surface area contributed by atoms with E-state index in [9.17, 15) is 0 Å². The highest BCUT2D eigenvalue weighted by Crippen LogP contribution is 2.10. The minimum Gasteiger partial charge on any atom is -0.463 e. The summed E-state index contributed by atoms with van der Waals surface area (Å²) >= 11 is 0. The Bertz CT molecular complexity index is 341. The van der Waals surface area contributed by atoms with Crippen LogP contribution in [0.1, 0.15) is 5.56 Å². The van der Waals surface area contributed by atoms with Crippen LogP contribution in [0.15, 0.2) is 23.3 Å². The van der Waals surface area contributed by atoms with Crippen molar-refractivity contribution in [1.82, 2.24) is 4.98 Å². The van der Waals surface area contributed by atoms with Crippen LogP contribution in [0, 0.1) is 6.92 Å². The van der Waals surface area contributed by atoms with Gasteiger partial charge in [0.15, 0.2) is 0 Å². The van der Waals surface area contributed by atoms with Gasteiger partial charge in [-0.15, -0.1) is 12.4 Å². The number of hydrogen-bond acceptors (Lipinski definition) is 4. The van der Waals surface area contributed by atoms with Crippen LogP contribution in [-0.4, -0.2) is 24.2 Å². The molecule has 2 heterocycles. The number of anilines is 1. The van der Waals surface area contributed by atoms with Crippen LogP contribution < -0.4 is 5.32 Å². The smallest absolute Gasteiger partial charge is 0.290 e. The standard InChI is InChI=1S/C9H11N3O.ClH/c1-7-3-2-4-10-8(7)12-9-11-5-6-13-9;/h2-4H,5-6H2,1H3,(H,10,11,12);1H. The Morgan fingerprint density at radius 2 is 2.36 bits per heavy atom. The van der Waals surface area contributed by atoms with Crippen molar-refractivity contribution < 1.29 is 4.74 Å². The largest absolute Gasteiger partial charge is 0.463 e. The lowest BCUT2D eigenvalue weighted by molar-refractivity contribution is 0.346. The number of ether oxygens (including phenoxy) is 1. The SMILES string of the molecule is Cc1cccnc1NC1=NCCO1.Cl. The average Bonchev–Trinajstić information content (AvgIpc) is 2.61.